The molecule has 0 aromatic carbocycles. The zero-order chi connectivity index (χ0) is 15.2. The molecule has 2 fully saturated rings. The van der Waals surface area contributed by atoms with Gasteiger partial charge in [0.1, 0.15) is 0 Å². The van der Waals surface area contributed by atoms with Crippen molar-refractivity contribution in [1.82, 2.24) is 9.80 Å². The quantitative estimate of drug-likeness (QED) is 0.722. The molecule has 122 valence electrons. The van der Waals surface area contributed by atoms with Crippen LogP contribution in [-0.2, 0) is 14.3 Å². The summed E-state index contributed by atoms with van der Waals surface area (Å²) < 4.78 is 11.0. The maximum atomic E-state index is 12.1. The van der Waals surface area contributed by atoms with E-state index in [2.05, 4.69) is 4.90 Å². The van der Waals surface area contributed by atoms with E-state index in [1.165, 1.54) is 0 Å². The molecule has 2 rings (SSSR count). The maximum absolute atomic E-state index is 12.1. The van der Waals surface area contributed by atoms with E-state index in [0.717, 1.165) is 38.8 Å². The Morgan fingerprint density at radius 3 is 2.90 bits per heavy atom. The van der Waals surface area contributed by atoms with Gasteiger partial charge in [0.15, 0.2) is 0 Å². The standard InChI is InChI=1S/C15H28N2O4/c1-16(2)15(19)14-6-3-7-17(14)9-12(18)10-20-11-13-5-4-8-21-13/h12-14,18H,3-11H2,1-2H3. The van der Waals surface area contributed by atoms with Crippen LogP contribution in [0, 0.1) is 0 Å². The molecule has 6 nitrogen and oxygen atoms in total. The minimum absolute atomic E-state index is 0.0900. The highest BCUT2D eigenvalue weighted by molar-refractivity contribution is 5.81. The third kappa shape index (κ3) is 4.92. The molecule has 2 aliphatic heterocycles. The number of β-amino-alcohol motifs (C(OH)–C–C–N with tert-alkyl or cyclic N) is 1. The van der Waals surface area contributed by atoms with E-state index in [-0.39, 0.29) is 18.1 Å². The molecule has 0 aliphatic carbocycles. The SMILES string of the molecule is CN(C)C(=O)C1CCCN1CC(O)COCC1CCCO1. The first-order chi connectivity index (χ1) is 10.1. The molecule has 0 aromatic heterocycles. The summed E-state index contributed by atoms with van der Waals surface area (Å²) in [5.74, 6) is 0.125. The number of carbonyl (C=O) groups is 1. The zero-order valence-corrected chi connectivity index (χ0v) is 13.2. The van der Waals surface area contributed by atoms with Crippen LogP contribution in [0.15, 0.2) is 0 Å². The molecule has 1 amide bonds. The lowest BCUT2D eigenvalue weighted by atomic mass is 10.2. The van der Waals surface area contributed by atoms with E-state index in [9.17, 15) is 9.90 Å². The van der Waals surface area contributed by atoms with Gasteiger partial charge in [0.05, 0.1) is 31.5 Å². The molecular weight excluding hydrogens is 272 g/mol. The number of likely N-dealkylation sites (N-methyl/N-ethyl adjacent to an activating group) is 1. The van der Waals surface area contributed by atoms with Crippen LogP contribution in [-0.4, -0.2) is 86.1 Å². The molecule has 3 atom stereocenters. The summed E-state index contributed by atoms with van der Waals surface area (Å²) in [5, 5.41) is 10.1. The summed E-state index contributed by atoms with van der Waals surface area (Å²) in [7, 11) is 3.56. The Morgan fingerprint density at radius 1 is 1.43 bits per heavy atom. The van der Waals surface area contributed by atoms with Crippen molar-refractivity contribution in [3.63, 3.8) is 0 Å². The van der Waals surface area contributed by atoms with Crippen LogP contribution >= 0.6 is 0 Å². The molecule has 0 radical (unpaired) electrons. The molecule has 3 unspecified atom stereocenters. The molecular formula is C15H28N2O4. The van der Waals surface area contributed by atoms with Crippen molar-refractivity contribution in [2.75, 3.05) is 47.0 Å². The molecule has 6 heteroatoms. The van der Waals surface area contributed by atoms with Crippen LogP contribution < -0.4 is 0 Å². The highest BCUT2D eigenvalue weighted by Gasteiger charge is 2.32. The van der Waals surface area contributed by atoms with E-state index >= 15 is 0 Å². The van der Waals surface area contributed by atoms with Crippen molar-refractivity contribution in [3.8, 4) is 0 Å². The summed E-state index contributed by atoms with van der Waals surface area (Å²) in [6.07, 6.45) is 3.66. The average Bonchev–Trinajstić information content (AvgIpc) is 3.09. The Kier molecular flexibility index (Phi) is 6.41. The van der Waals surface area contributed by atoms with Crippen LogP contribution in [0.2, 0.25) is 0 Å². The summed E-state index contributed by atoms with van der Waals surface area (Å²) in [5.41, 5.74) is 0. The Hall–Kier alpha value is -0.690. The summed E-state index contributed by atoms with van der Waals surface area (Å²) >= 11 is 0. The van der Waals surface area contributed by atoms with Crippen molar-refractivity contribution in [3.05, 3.63) is 0 Å². The highest BCUT2D eigenvalue weighted by atomic mass is 16.5. The lowest BCUT2D eigenvalue weighted by molar-refractivity contribution is -0.134. The van der Waals surface area contributed by atoms with Gasteiger partial charge in [-0.2, -0.15) is 0 Å². The third-order valence-corrected chi connectivity index (χ3v) is 4.17. The summed E-state index contributed by atoms with van der Waals surface area (Å²) in [6.45, 7) is 3.04. The fraction of sp³-hybridized carbons (Fsp3) is 0.933. The average molecular weight is 300 g/mol. The van der Waals surface area contributed by atoms with Gasteiger partial charge in [-0.1, -0.05) is 0 Å². The Bertz CT molecular complexity index is 332. The smallest absolute Gasteiger partial charge is 0.239 e. The number of hydrogen-bond donors (Lipinski definition) is 1. The number of amides is 1. The molecule has 2 heterocycles. The second-order valence-electron chi connectivity index (χ2n) is 6.21. The van der Waals surface area contributed by atoms with Gasteiger partial charge >= 0.3 is 0 Å². The van der Waals surface area contributed by atoms with E-state index in [0.29, 0.717) is 19.8 Å². The van der Waals surface area contributed by atoms with Crippen LogP contribution in [0.3, 0.4) is 0 Å². The molecule has 0 saturated carbocycles. The molecule has 0 aromatic rings. The van der Waals surface area contributed by atoms with Gasteiger partial charge in [-0.15, -0.1) is 0 Å². The van der Waals surface area contributed by atoms with Crippen molar-refractivity contribution < 1.29 is 19.4 Å². The molecule has 0 bridgehead atoms. The molecule has 2 saturated heterocycles. The summed E-state index contributed by atoms with van der Waals surface area (Å²) in [4.78, 5) is 15.8. The molecule has 1 N–H and O–H groups in total. The highest BCUT2D eigenvalue weighted by Crippen LogP contribution is 2.19. The Morgan fingerprint density at radius 2 is 2.24 bits per heavy atom. The van der Waals surface area contributed by atoms with Crippen LogP contribution in [0.5, 0.6) is 0 Å². The number of aliphatic hydroxyl groups excluding tert-OH is 1. The third-order valence-electron chi connectivity index (χ3n) is 4.17. The zero-order valence-electron chi connectivity index (χ0n) is 13.2. The number of carbonyl (C=O) groups excluding carboxylic acids is 1. The largest absolute Gasteiger partial charge is 0.389 e. The monoisotopic (exact) mass is 300 g/mol. The van der Waals surface area contributed by atoms with Gasteiger partial charge in [-0.05, 0) is 32.2 Å². The first-order valence-corrected chi connectivity index (χ1v) is 7.90. The first kappa shape index (κ1) is 16.7. The lowest BCUT2D eigenvalue weighted by Crippen LogP contribution is -2.46. The number of hydrogen-bond acceptors (Lipinski definition) is 5. The van der Waals surface area contributed by atoms with Crippen LogP contribution in [0.4, 0.5) is 0 Å². The molecule has 2 aliphatic rings. The second-order valence-corrected chi connectivity index (χ2v) is 6.21. The van der Waals surface area contributed by atoms with Crippen molar-refractivity contribution in [1.29, 1.82) is 0 Å². The van der Waals surface area contributed by atoms with E-state index in [4.69, 9.17) is 9.47 Å². The summed E-state index contributed by atoms with van der Waals surface area (Å²) in [6, 6.07) is -0.0900. The van der Waals surface area contributed by atoms with Crippen LogP contribution in [0.1, 0.15) is 25.7 Å². The minimum atomic E-state index is -0.554. The number of likely N-dealkylation sites (tertiary alicyclic amines) is 1. The van der Waals surface area contributed by atoms with Crippen LogP contribution in [0.25, 0.3) is 0 Å². The first-order valence-electron chi connectivity index (χ1n) is 7.90. The molecule has 21 heavy (non-hydrogen) atoms. The second kappa shape index (κ2) is 8.08. The van der Waals surface area contributed by atoms with Crippen molar-refractivity contribution in [2.24, 2.45) is 0 Å². The number of nitrogens with zero attached hydrogens (tertiary/aromatic N) is 2. The van der Waals surface area contributed by atoms with Gasteiger partial charge in [0.25, 0.3) is 0 Å². The topological polar surface area (TPSA) is 62.2 Å². The predicted molar refractivity (Wildman–Crippen MR) is 79.1 cm³/mol. The number of aliphatic hydroxyl groups is 1. The van der Waals surface area contributed by atoms with E-state index in [1.807, 2.05) is 0 Å². The van der Waals surface area contributed by atoms with Crippen molar-refractivity contribution >= 4 is 5.91 Å². The van der Waals surface area contributed by atoms with Gasteiger partial charge in [0.2, 0.25) is 5.91 Å². The number of ether oxygens (including phenoxy) is 2. The van der Waals surface area contributed by atoms with E-state index in [1.54, 1.807) is 19.0 Å². The van der Waals surface area contributed by atoms with Gasteiger partial charge in [-0.3, -0.25) is 9.69 Å². The van der Waals surface area contributed by atoms with Gasteiger partial charge < -0.3 is 19.5 Å². The number of rotatable bonds is 7. The van der Waals surface area contributed by atoms with Crippen molar-refractivity contribution in [2.45, 2.75) is 43.9 Å². The minimum Gasteiger partial charge on any atom is -0.389 e. The van der Waals surface area contributed by atoms with E-state index < -0.39 is 6.10 Å². The van der Waals surface area contributed by atoms with Gasteiger partial charge in [0, 0.05) is 27.2 Å². The Balaban J connectivity index is 1.68. The normalized spacial score (nSPS) is 28.0. The van der Waals surface area contributed by atoms with Gasteiger partial charge in [-0.25, -0.2) is 0 Å². The fourth-order valence-electron chi connectivity index (χ4n) is 3.06. The predicted octanol–water partition coefficient (Wildman–Crippen LogP) is 0.0955. The Labute approximate surface area is 127 Å². The fourth-order valence-corrected chi connectivity index (χ4v) is 3.06. The maximum Gasteiger partial charge on any atom is 0.239 e. The molecule has 0 spiro atoms. The lowest BCUT2D eigenvalue weighted by Gasteiger charge is -2.27.